The first-order valence-corrected chi connectivity index (χ1v) is 4.58. The van der Waals surface area contributed by atoms with Crippen molar-refractivity contribution in [1.29, 1.82) is 0 Å². The lowest BCUT2D eigenvalue weighted by Gasteiger charge is -2.12. The molecule has 88 valence electrons. The van der Waals surface area contributed by atoms with Gasteiger partial charge in [-0.2, -0.15) is 13.2 Å². The number of hydrazine groups is 1. The molecule has 3 nitrogen and oxygen atoms in total. The van der Waals surface area contributed by atoms with Crippen molar-refractivity contribution in [2.45, 2.75) is 13.1 Å². The van der Waals surface area contributed by atoms with E-state index in [0.29, 0.717) is 0 Å². The fourth-order valence-electron chi connectivity index (χ4n) is 0.953. The molecule has 1 aromatic rings. The van der Waals surface area contributed by atoms with Crippen molar-refractivity contribution in [3.8, 4) is 0 Å². The maximum Gasteiger partial charge on any atom is 0.416 e. The van der Waals surface area contributed by atoms with E-state index in [-0.39, 0.29) is 10.7 Å². The summed E-state index contributed by atoms with van der Waals surface area (Å²) in [5.41, 5.74) is 3.58. The first-order valence-electron chi connectivity index (χ1n) is 4.20. The molecule has 0 saturated carbocycles. The number of anilines is 1. The van der Waals surface area contributed by atoms with Crippen LogP contribution >= 0.6 is 11.6 Å². The summed E-state index contributed by atoms with van der Waals surface area (Å²) in [5, 5.41) is 0.0850. The van der Waals surface area contributed by atoms with E-state index in [4.69, 9.17) is 11.6 Å². The van der Waals surface area contributed by atoms with Gasteiger partial charge in [-0.1, -0.05) is 11.6 Å². The summed E-state index contributed by atoms with van der Waals surface area (Å²) < 4.78 is 37.0. The van der Waals surface area contributed by atoms with Crippen molar-refractivity contribution in [1.82, 2.24) is 5.43 Å². The molecule has 0 aliphatic heterocycles. The van der Waals surface area contributed by atoms with E-state index >= 15 is 0 Å². The molecule has 0 bridgehead atoms. The van der Waals surface area contributed by atoms with Crippen LogP contribution in [0.25, 0.3) is 0 Å². The lowest BCUT2D eigenvalue weighted by atomic mass is 10.2. The highest BCUT2D eigenvalue weighted by Gasteiger charge is 2.30. The molecule has 0 saturated heterocycles. The normalized spacial score (nSPS) is 11.1. The zero-order chi connectivity index (χ0) is 12.3. The first-order chi connectivity index (χ1) is 7.30. The number of halogens is 4. The summed E-state index contributed by atoms with van der Waals surface area (Å²) >= 11 is 5.65. The Morgan fingerprint density at radius 2 is 2.00 bits per heavy atom. The zero-order valence-electron chi connectivity index (χ0n) is 8.15. The molecule has 0 unspecified atom stereocenters. The van der Waals surface area contributed by atoms with E-state index < -0.39 is 17.6 Å². The van der Waals surface area contributed by atoms with Gasteiger partial charge in [0.25, 0.3) is 0 Å². The van der Waals surface area contributed by atoms with Crippen molar-refractivity contribution < 1.29 is 18.0 Å². The second kappa shape index (κ2) is 4.61. The summed E-state index contributed by atoms with van der Waals surface area (Å²) in [7, 11) is 0. The summed E-state index contributed by atoms with van der Waals surface area (Å²) in [4.78, 5) is 10.6. The van der Waals surface area contributed by atoms with E-state index in [1.807, 2.05) is 0 Å². The van der Waals surface area contributed by atoms with E-state index in [1.54, 1.807) is 0 Å². The third-order valence-corrected chi connectivity index (χ3v) is 2.00. The van der Waals surface area contributed by atoms with Crippen LogP contribution in [0.3, 0.4) is 0 Å². The quantitative estimate of drug-likeness (QED) is 0.795. The van der Waals surface area contributed by atoms with Gasteiger partial charge < -0.3 is 0 Å². The molecule has 1 rings (SSSR count). The highest BCUT2D eigenvalue weighted by Crippen LogP contribution is 2.33. The molecule has 0 aromatic heterocycles. The van der Waals surface area contributed by atoms with E-state index in [9.17, 15) is 18.0 Å². The van der Waals surface area contributed by atoms with E-state index in [2.05, 4.69) is 10.9 Å². The topological polar surface area (TPSA) is 41.1 Å². The second-order valence-corrected chi connectivity index (χ2v) is 3.41. The summed E-state index contributed by atoms with van der Waals surface area (Å²) in [5.74, 6) is -0.437. The van der Waals surface area contributed by atoms with Crippen LogP contribution in [0.1, 0.15) is 12.5 Å². The molecule has 0 heterocycles. The van der Waals surface area contributed by atoms with Crippen LogP contribution in [-0.2, 0) is 11.0 Å². The lowest BCUT2D eigenvalue weighted by Crippen LogP contribution is -2.26. The highest BCUT2D eigenvalue weighted by atomic mass is 35.5. The molecule has 16 heavy (non-hydrogen) atoms. The third-order valence-electron chi connectivity index (χ3n) is 1.67. The zero-order valence-corrected chi connectivity index (χ0v) is 8.91. The Bertz CT molecular complexity index is 406. The number of alkyl halides is 3. The van der Waals surface area contributed by atoms with Gasteiger partial charge in [0.2, 0.25) is 5.91 Å². The molecule has 1 amide bonds. The van der Waals surface area contributed by atoms with Gasteiger partial charge >= 0.3 is 6.18 Å². The molecule has 0 aliphatic carbocycles. The van der Waals surface area contributed by atoms with Gasteiger partial charge in [0.05, 0.1) is 16.3 Å². The van der Waals surface area contributed by atoms with Crippen LogP contribution in [-0.4, -0.2) is 5.91 Å². The molecule has 0 spiro atoms. The fraction of sp³-hybridized carbons (Fsp3) is 0.222. The Morgan fingerprint density at radius 3 is 2.50 bits per heavy atom. The van der Waals surface area contributed by atoms with Crippen LogP contribution in [0.4, 0.5) is 18.9 Å². The van der Waals surface area contributed by atoms with Crippen LogP contribution < -0.4 is 10.9 Å². The summed E-state index contributed by atoms with van der Waals surface area (Å²) in [6, 6.07) is 2.79. The third kappa shape index (κ3) is 3.30. The molecule has 7 heteroatoms. The van der Waals surface area contributed by atoms with Crippen LogP contribution in [0.2, 0.25) is 5.02 Å². The molecule has 0 aliphatic rings. The summed E-state index contributed by atoms with van der Waals surface area (Å²) in [6.07, 6.45) is -4.45. The Kier molecular flexibility index (Phi) is 3.64. The molecule has 0 fully saturated rings. The molecular formula is C9H8ClF3N2O. The molecule has 0 atom stereocenters. The number of benzene rings is 1. The van der Waals surface area contributed by atoms with Crippen molar-refractivity contribution in [2.75, 3.05) is 5.43 Å². The Labute approximate surface area is 94.6 Å². The SMILES string of the molecule is CC(=O)NNc1cc(C(F)(F)F)ccc1Cl. The number of carbonyl (C=O) groups excluding carboxylic acids is 1. The summed E-state index contributed by atoms with van der Waals surface area (Å²) in [6.45, 7) is 1.22. The number of hydrogen-bond acceptors (Lipinski definition) is 2. The van der Waals surface area contributed by atoms with Gasteiger partial charge in [-0.15, -0.1) is 0 Å². The van der Waals surface area contributed by atoms with Crippen molar-refractivity contribution >= 4 is 23.2 Å². The van der Waals surface area contributed by atoms with Crippen LogP contribution in [0, 0.1) is 0 Å². The fourth-order valence-corrected chi connectivity index (χ4v) is 1.12. The molecule has 2 N–H and O–H groups in total. The maximum atomic E-state index is 12.3. The van der Waals surface area contributed by atoms with Crippen molar-refractivity contribution in [3.05, 3.63) is 28.8 Å². The number of hydrogen-bond donors (Lipinski definition) is 2. The Morgan fingerprint density at radius 1 is 1.38 bits per heavy atom. The minimum Gasteiger partial charge on any atom is -0.297 e. The predicted octanol–water partition coefficient (Wildman–Crippen LogP) is 2.82. The van der Waals surface area contributed by atoms with Crippen molar-refractivity contribution in [2.24, 2.45) is 0 Å². The Hall–Kier alpha value is -1.43. The van der Waals surface area contributed by atoms with Gasteiger partial charge in [-0.25, -0.2) is 0 Å². The maximum absolute atomic E-state index is 12.3. The van der Waals surface area contributed by atoms with Gasteiger partial charge in [0.1, 0.15) is 0 Å². The van der Waals surface area contributed by atoms with Gasteiger partial charge in [-0.05, 0) is 18.2 Å². The van der Waals surface area contributed by atoms with Gasteiger partial charge in [0, 0.05) is 6.92 Å². The first kappa shape index (κ1) is 12.6. The second-order valence-electron chi connectivity index (χ2n) is 3.00. The molecule has 0 radical (unpaired) electrons. The molecular weight excluding hydrogens is 245 g/mol. The average molecular weight is 253 g/mol. The van der Waals surface area contributed by atoms with Crippen LogP contribution in [0.15, 0.2) is 18.2 Å². The lowest BCUT2D eigenvalue weighted by molar-refractivity contribution is -0.137. The molecule has 1 aromatic carbocycles. The van der Waals surface area contributed by atoms with E-state index in [1.165, 1.54) is 6.92 Å². The monoisotopic (exact) mass is 252 g/mol. The number of nitrogens with one attached hydrogen (secondary N) is 2. The predicted molar refractivity (Wildman–Crippen MR) is 53.9 cm³/mol. The average Bonchev–Trinajstić information content (AvgIpc) is 2.14. The van der Waals surface area contributed by atoms with Gasteiger partial charge in [-0.3, -0.25) is 15.6 Å². The van der Waals surface area contributed by atoms with Crippen LogP contribution in [0.5, 0.6) is 0 Å². The standard InChI is InChI=1S/C9H8ClF3N2O/c1-5(16)14-15-8-4-6(9(11,12)13)2-3-7(8)10/h2-4,15H,1H3,(H,14,16). The Balaban J connectivity index is 2.95. The minimum atomic E-state index is -4.45. The van der Waals surface area contributed by atoms with Crippen molar-refractivity contribution in [3.63, 3.8) is 0 Å². The largest absolute Gasteiger partial charge is 0.416 e. The van der Waals surface area contributed by atoms with E-state index in [0.717, 1.165) is 18.2 Å². The number of carbonyl (C=O) groups is 1. The number of rotatable bonds is 2. The van der Waals surface area contributed by atoms with Gasteiger partial charge in [0.15, 0.2) is 0 Å². The smallest absolute Gasteiger partial charge is 0.297 e. The highest BCUT2D eigenvalue weighted by molar-refractivity contribution is 6.33. The minimum absolute atomic E-state index is 0.00769. The number of amides is 1.